The highest BCUT2D eigenvalue weighted by Crippen LogP contribution is 2.14. The van der Waals surface area contributed by atoms with Crippen LogP contribution in [-0.4, -0.2) is 9.78 Å². The summed E-state index contributed by atoms with van der Waals surface area (Å²) in [4.78, 5) is 0. The van der Waals surface area contributed by atoms with Gasteiger partial charge in [0.05, 0.1) is 18.8 Å². The molecule has 0 aliphatic heterocycles. The van der Waals surface area contributed by atoms with E-state index in [1.807, 2.05) is 36.9 Å². The lowest BCUT2D eigenvalue weighted by Gasteiger charge is -1.97. The van der Waals surface area contributed by atoms with Crippen LogP contribution in [0.15, 0.2) is 22.7 Å². The molecule has 0 atom stereocenters. The van der Waals surface area contributed by atoms with Gasteiger partial charge in [0.1, 0.15) is 11.5 Å². The Kier molecular flexibility index (Phi) is 2.60. The molecular weight excluding hydrogens is 190 g/mol. The molecule has 2 aromatic heterocycles. The van der Waals surface area contributed by atoms with Crippen LogP contribution in [0.1, 0.15) is 22.8 Å². The van der Waals surface area contributed by atoms with E-state index in [0.29, 0.717) is 13.1 Å². The topological polar surface area (TPSA) is 57.0 Å². The second-order valence-corrected chi connectivity index (χ2v) is 3.68. The second kappa shape index (κ2) is 3.90. The zero-order valence-electron chi connectivity index (χ0n) is 9.03. The summed E-state index contributed by atoms with van der Waals surface area (Å²) in [5.41, 5.74) is 7.66. The van der Waals surface area contributed by atoms with Gasteiger partial charge in [-0.15, -0.1) is 0 Å². The Morgan fingerprint density at radius 3 is 2.80 bits per heavy atom. The normalized spacial score (nSPS) is 10.9. The van der Waals surface area contributed by atoms with Crippen molar-refractivity contribution in [3.8, 4) is 0 Å². The van der Waals surface area contributed by atoms with E-state index in [1.165, 1.54) is 0 Å². The van der Waals surface area contributed by atoms with Gasteiger partial charge in [-0.1, -0.05) is 0 Å². The van der Waals surface area contributed by atoms with Gasteiger partial charge in [-0.25, -0.2) is 0 Å². The standard InChI is InChI=1S/C11H15N3O/c1-8-5-10(15-11(8)6-12)7-14-4-3-9(2)13-14/h3-5H,6-7,12H2,1-2H3. The van der Waals surface area contributed by atoms with Crippen molar-refractivity contribution >= 4 is 0 Å². The van der Waals surface area contributed by atoms with Crippen molar-refractivity contribution in [3.63, 3.8) is 0 Å². The van der Waals surface area contributed by atoms with Gasteiger partial charge in [0.15, 0.2) is 0 Å². The maximum absolute atomic E-state index is 5.59. The molecule has 4 heteroatoms. The Morgan fingerprint density at radius 2 is 2.27 bits per heavy atom. The summed E-state index contributed by atoms with van der Waals surface area (Å²) in [5.74, 6) is 1.75. The van der Waals surface area contributed by atoms with Crippen LogP contribution in [0.3, 0.4) is 0 Å². The molecule has 0 radical (unpaired) electrons. The molecule has 0 aliphatic rings. The van der Waals surface area contributed by atoms with E-state index in [-0.39, 0.29) is 0 Å². The molecule has 4 nitrogen and oxygen atoms in total. The molecule has 0 saturated heterocycles. The fourth-order valence-corrected chi connectivity index (χ4v) is 1.58. The van der Waals surface area contributed by atoms with Gasteiger partial charge in [-0.2, -0.15) is 5.10 Å². The summed E-state index contributed by atoms with van der Waals surface area (Å²) in [7, 11) is 0. The smallest absolute Gasteiger partial charge is 0.126 e. The lowest BCUT2D eigenvalue weighted by molar-refractivity contribution is 0.444. The van der Waals surface area contributed by atoms with Crippen molar-refractivity contribution in [2.75, 3.05) is 0 Å². The number of aromatic nitrogens is 2. The first-order valence-corrected chi connectivity index (χ1v) is 4.97. The van der Waals surface area contributed by atoms with E-state index in [0.717, 1.165) is 22.8 Å². The Balaban J connectivity index is 2.17. The molecule has 2 heterocycles. The van der Waals surface area contributed by atoms with Crippen LogP contribution in [0.25, 0.3) is 0 Å². The van der Waals surface area contributed by atoms with Crippen LogP contribution in [-0.2, 0) is 13.1 Å². The number of nitrogens with two attached hydrogens (primary N) is 1. The number of aryl methyl sites for hydroxylation is 2. The molecule has 2 aromatic rings. The van der Waals surface area contributed by atoms with Gasteiger partial charge in [0, 0.05) is 6.20 Å². The third-order valence-electron chi connectivity index (χ3n) is 2.35. The Morgan fingerprint density at radius 1 is 1.47 bits per heavy atom. The molecule has 0 fully saturated rings. The predicted molar refractivity (Wildman–Crippen MR) is 57.4 cm³/mol. The van der Waals surface area contributed by atoms with Crippen LogP contribution >= 0.6 is 0 Å². The van der Waals surface area contributed by atoms with Crippen LogP contribution in [0, 0.1) is 13.8 Å². The lowest BCUT2D eigenvalue weighted by atomic mass is 10.2. The van der Waals surface area contributed by atoms with Crippen molar-refractivity contribution in [2.45, 2.75) is 26.9 Å². The van der Waals surface area contributed by atoms with Gasteiger partial charge < -0.3 is 10.2 Å². The average Bonchev–Trinajstić information content (AvgIpc) is 2.73. The molecule has 0 aliphatic carbocycles. The van der Waals surface area contributed by atoms with Crippen LogP contribution in [0.2, 0.25) is 0 Å². The molecule has 0 unspecified atom stereocenters. The fraction of sp³-hybridized carbons (Fsp3) is 0.364. The number of furan rings is 1. The highest BCUT2D eigenvalue weighted by Gasteiger charge is 2.06. The zero-order valence-corrected chi connectivity index (χ0v) is 9.03. The van der Waals surface area contributed by atoms with E-state index >= 15 is 0 Å². The number of hydrogen-bond acceptors (Lipinski definition) is 3. The van der Waals surface area contributed by atoms with E-state index in [4.69, 9.17) is 10.2 Å². The minimum absolute atomic E-state index is 0.448. The molecule has 2 N–H and O–H groups in total. The van der Waals surface area contributed by atoms with E-state index in [9.17, 15) is 0 Å². The molecule has 0 spiro atoms. The van der Waals surface area contributed by atoms with E-state index < -0.39 is 0 Å². The molecule has 0 aromatic carbocycles. The monoisotopic (exact) mass is 205 g/mol. The van der Waals surface area contributed by atoms with Crippen LogP contribution < -0.4 is 5.73 Å². The van der Waals surface area contributed by atoms with E-state index in [1.54, 1.807) is 0 Å². The molecule has 0 saturated carbocycles. The second-order valence-electron chi connectivity index (χ2n) is 3.68. The minimum Gasteiger partial charge on any atom is -0.462 e. The maximum Gasteiger partial charge on any atom is 0.126 e. The maximum atomic E-state index is 5.59. The van der Waals surface area contributed by atoms with Crippen molar-refractivity contribution in [1.29, 1.82) is 0 Å². The van der Waals surface area contributed by atoms with Crippen molar-refractivity contribution < 1.29 is 4.42 Å². The summed E-state index contributed by atoms with van der Waals surface area (Å²) in [6.45, 7) is 5.08. The predicted octanol–water partition coefficient (Wildman–Crippen LogP) is 1.60. The zero-order chi connectivity index (χ0) is 10.8. The fourth-order valence-electron chi connectivity index (χ4n) is 1.58. The van der Waals surface area contributed by atoms with Crippen molar-refractivity contribution in [2.24, 2.45) is 5.73 Å². The number of rotatable bonds is 3. The van der Waals surface area contributed by atoms with E-state index in [2.05, 4.69) is 5.10 Å². The lowest BCUT2D eigenvalue weighted by Crippen LogP contribution is -1.99. The first kappa shape index (κ1) is 9.98. The summed E-state index contributed by atoms with van der Waals surface area (Å²) in [6, 6.07) is 3.98. The van der Waals surface area contributed by atoms with Gasteiger partial charge in [0.25, 0.3) is 0 Å². The third kappa shape index (κ3) is 2.10. The summed E-state index contributed by atoms with van der Waals surface area (Å²) in [5, 5.41) is 4.30. The van der Waals surface area contributed by atoms with Gasteiger partial charge >= 0.3 is 0 Å². The van der Waals surface area contributed by atoms with Gasteiger partial charge in [0.2, 0.25) is 0 Å². The Bertz CT molecular complexity index is 456. The summed E-state index contributed by atoms with van der Waals surface area (Å²) >= 11 is 0. The Labute approximate surface area is 88.7 Å². The molecular formula is C11H15N3O. The molecule has 0 bridgehead atoms. The van der Waals surface area contributed by atoms with Gasteiger partial charge in [-0.3, -0.25) is 4.68 Å². The van der Waals surface area contributed by atoms with Crippen LogP contribution in [0.5, 0.6) is 0 Å². The highest BCUT2D eigenvalue weighted by molar-refractivity contribution is 5.20. The SMILES string of the molecule is Cc1ccn(Cc2cc(C)c(CN)o2)n1. The van der Waals surface area contributed by atoms with Crippen LogP contribution in [0.4, 0.5) is 0 Å². The molecule has 2 rings (SSSR count). The first-order valence-electron chi connectivity index (χ1n) is 4.97. The van der Waals surface area contributed by atoms with Crippen molar-refractivity contribution in [1.82, 2.24) is 9.78 Å². The molecule has 80 valence electrons. The van der Waals surface area contributed by atoms with Gasteiger partial charge in [-0.05, 0) is 31.5 Å². The first-order chi connectivity index (χ1) is 7.19. The quantitative estimate of drug-likeness (QED) is 0.828. The summed E-state index contributed by atoms with van der Waals surface area (Å²) < 4.78 is 7.45. The molecule has 15 heavy (non-hydrogen) atoms. The average molecular weight is 205 g/mol. The molecule has 0 amide bonds. The summed E-state index contributed by atoms with van der Waals surface area (Å²) in [6.07, 6.45) is 1.94. The van der Waals surface area contributed by atoms with Crippen molar-refractivity contribution in [3.05, 3.63) is 41.1 Å². The third-order valence-corrected chi connectivity index (χ3v) is 2.35. The number of hydrogen-bond donors (Lipinski definition) is 1. The Hall–Kier alpha value is -1.55. The number of nitrogens with zero attached hydrogens (tertiary/aromatic N) is 2. The highest BCUT2D eigenvalue weighted by atomic mass is 16.3. The largest absolute Gasteiger partial charge is 0.462 e. The minimum atomic E-state index is 0.448.